The van der Waals surface area contributed by atoms with Gasteiger partial charge in [-0.05, 0) is 18.1 Å². The van der Waals surface area contributed by atoms with Crippen LogP contribution in [-0.2, 0) is 20.7 Å². The number of benzene rings is 2. The number of esters is 1. The van der Waals surface area contributed by atoms with Crippen LogP contribution in [-0.4, -0.2) is 18.4 Å². The second kappa shape index (κ2) is 7.39. The third-order valence-corrected chi connectivity index (χ3v) is 3.20. The molecule has 0 heterocycles. The third-order valence-electron chi connectivity index (χ3n) is 3.20. The Bertz CT molecular complexity index is 590. The van der Waals surface area contributed by atoms with E-state index in [1.165, 1.54) is 0 Å². The summed E-state index contributed by atoms with van der Waals surface area (Å²) in [6, 6.07) is 18.5. The second-order valence-corrected chi connectivity index (χ2v) is 4.72. The molecule has 2 aromatic carbocycles. The Morgan fingerprint density at radius 2 is 1.52 bits per heavy atom. The normalized spacial score (nSPS) is 11.7. The first kappa shape index (κ1) is 15.0. The minimum absolute atomic E-state index is 0.147. The quantitative estimate of drug-likeness (QED) is 0.604. The molecule has 0 aromatic heterocycles. The Hall–Kier alpha value is -2.42. The number of ketones is 1. The van der Waals surface area contributed by atoms with Gasteiger partial charge in [-0.1, -0.05) is 60.7 Å². The van der Waals surface area contributed by atoms with Crippen LogP contribution in [0, 0.1) is 0 Å². The van der Waals surface area contributed by atoms with Crippen LogP contribution in [0.5, 0.6) is 0 Å². The van der Waals surface area contributed by atoms with E-state index in [-0.39, 0.29) is 18.8 Å². The number of hydrogen-bond acceptors (Lipinski definition) is 3. The number of hydrogen-bond donors (Lipinski definition) is 0. The summed E-state index contributed by atoms with van der Waals surface area (Å²) in [6.45, 7) is 2.00. The third kappa shape index (κ3) is 4.02. The van der Waals surface area contributed by atoms with Gasteiger partial charge in [0.05, 0.1) is 6.61 Å². The van der Waals surface area contributed by atoms with Gasteiger partial charge in [0.15, 0.2) is 5.78 Å². The van der Waals surface area contributed by atoms with Crippen LogP contribution in [0.2, 0.25) is 0 Å². The standard InChI is InChI=1S/C18H18O3/c1-2-21-18(20)17(15-11-7-4-8-12-15)16(19)13-14-9-5-3-6-10-14/h3-12,17H,2,13H2,1H3. The molecule has 3 nitrogen and oxygen atoms in total. The van der Waals surface area contributed by atoms with E-state index in [1.807, 2.05) is 48.5 Å². The molecular formula is C18H18O3. The zero-order valence-electron chi connectivity index (χ0n) is 12.0. The van der Waals surface area contributed by atoms with Crippen molar-refractivity contribution in [3.63, 3.8) is 0 Å². The Balaban J connectivity index is 2.23. The Kier molecular flexibility index (Phi) is 5.27. The molecule has 0 aliphatic carbocycles. The molecule has 0 bridgehead atoms. The van der Waals surface area contributed by atoms with E-state index in [0.29, 0.717) is 5.56 Å². The van der Waals surface area contributed by atoms with E-state index in [2.05, 4.69) is 0 Å². The topological polar surface area (TPSA) is 43.4 Å². The van der Waals surface area contributed by atoms with Crippen molar-refractivity contribution in [1.82, 2.24) is 0 Å². The minimum Gasteiger partial charge on any atom is -0.465 e. The molecule has 108 valence electrons. The lowest BCUT2D eigenvalue weighted by atomic mass is 9.91. The first-order valence-electron chi connectivity index (χ1n) is 7.00. The fourth-order valence-corrected chi connectivity index (χ4v) is 2.22. The van der Waals surface area contributed by atoms with Gasteiger partial charge in [0.2, 0.25) is 0 Å². The van der Waals surface area contributed by atoms with Crippen LogP contribution in [0.4, 0.5) is 0 Å². The summed E-state index contributed by atoms with van der Waals surface area (Å²) in [5, 5.41) is 0. The Labute approximate surface area is 124 Å². The van der Waals surface area contributed by atoms with E-state index >= 15 is 0 Å². The summed E-state index contributed by atoms with van der Waals surface area (Å²) >= 11 is 0. The fraction of sp³-hybridized carbons (Fsp3) is 0.222. The summed E-state index contributed by atoms with van der Waals surface area (Å²) < 4.78 is 5.06. The van der Waals surface area contributed by atoms with Crippen molar-refractivity contribution in [3.8, 4) is 0 Å². The van der Waals surface area contributed by atoms with E-state index in [0.717, 1.165) is 5.56 Å². The monoisotopic (exact) mass is 282 g/mol. The highest BCUT2D eigenvalue weighted by Gasteiger charge is 2.29. The van der Waals surface area contributed by atoms with E-state index in [1.54, 1.807) is 19.1 Å². The number of ether oxygens (including phenoxy) is 1. The summed E-state index contributed by atoms with van der Waals surface area (Å²) in [6.07, 6.45) is 0.221. The summed E-state index contributed by atoms with van der Waals surface area (Å²) in [5.41, 5.74) is 1.57. The Morgan fingerprint density at radius 3 is 2.10 bits per heavy atom. The van der Waals surface area contributed by atoms with E-state index in [4.69, 9.17) is 4.74 Å². The lowest BCUT2D eigenvalue weighted by Crippen LogP contribution is -2.25. The van der Waals surface area contributed by atoms with Crippen molar-refractivity contribution in [2.24, 2.45) is 0 Å². The molecule has 0 amide bonds. The first-order chi connectivity index (χ1) is 10.2. The number of carbonyl (C=O) groups excluding carboxylic acids is 2. The predicted octanol–water partition coefficient (Wildman–Crippen LogP) is 3.15. The molecule has 0 N–H and O–H groups in total. The summed E-state index contributed by atoms with van der Waals surface area (Å²) in [5.74, 6) is -1.48. The van der Waals surface area contributed by atoms with Crippen LogP contribution in [0.1, 0.15) is 24.0 Å². The molecule has 0 radical (unpaired) electrons. The zero-order chi connectivity index (χ0) is 15.1. The minimum atomic E-state index is -0.855. The number of rotatable bonds is 6. The van der Waals surface area contributed by atoms with Crippen molar-refractivity contribution < 1.29 is 14.3 Å². The largest absolute Gasteiger partial charge is 0.465 e. The van der Waals surface area contributed by atoms with Crippen molar-refractivity contribution in [1.29, 1.82) is 0 Å². The number of carbonyl (C=O) groups is 2. The molecule has 2 rings (SSSR count). The van der Waals surface area contributed by atoms with Crippen LogP contribution in [0.25, 0.3) is 0 Å². The van der Waals surface area contributed by atoms with E-state index in [9.17, 15) is 9.59 Å². The highest BCUT2D eigenvalue weighted by atomic mass is 16.5. The molecule has 1 atom stereocenters. The first-order valence-corrected chi connectivity index (χ1v) is 7.00. The maximum Gasteiger partial charge on any atom is 0.321 e. The maximum absolute atomic E-state index is 12.5. The Morgan fingerprint density at radius 1 is 0.952 bits per heavy atom. The molecule has 2 aromatic rings. The van der Waals surface area contributed by atoms with Gasteiger partial charge in [-0.3, -0.25) is 9.59 Å². The highest BCUT2D eigenvalue weighted by Crippen LogP contribution is 2.20. The molecule has 0 aliphatic heterocycles. The fourth-order valence-electron chi connectivity index (χ4n) is 2.22. The van der Waals surface area contributed by atoms with Crippen molar-refractivity contribution >= 4 is 11.8 Å². The second-order valence-electron chi connectivity index (χ2n) is 4.72. The maximum atomic E-state index is 12.5. The van der Waals surface area contributed by atoms with Gasteiger partial charge in [0.1, 0.15) is 5.92 Å². The molecule has 0 aliphatic rings. The molecule has 0 saturated heterocycles. The smallest absolute Gasteiger partial charge is 0.321 e. The molecule has 3 heteroatoms. The number of Topliss-reactive ketones (excluding diaryl/α,β-unsaturated/α-hetero) is 1. The lowest BCUT2D eigenvalue weighted by Gasteiger charge is -2.15. The molecular weight excluding hydrogens is 264 g/mol. The molecule has 1 unspecified atom stereocenters. The van der Waals surface area contributed by atoms with Crippen LogP contribution in [0.15, 0.2) is 60.7 Å². The van der Waals surface area contributed by atoms with Crippen molar-refractivity contribution in [2.45, 2.75) is 19.3 Å². The van der Waals surface area contributed by atoms with Gasteiger partial charge in [-0.2, -0.15) is 0 Å². The van der Waals surface area contributed by atoms with Crippen molar-refractivity contribution in [2.75, 3.05) is 6.61 Å². The van der Waals surface area contributed by atoms with Gasteiger partial charge in [-0.25, -0.2) is 0 Å². The molecule has 0 fully saturated rings. The zero-order valence-corrected chi connectivity index (χ0v) is 12.0. The predicted molar refractivity (Wildman–Crippen MR) is 81.0 cm³/mol. The summed E-state index contributed by atoms with van der Waals surface area (Å²) in [7, 11) is 0. The van der Waals surface area contributed by atoms with Gasteiger partial charge in [0.25, 0.3) is 0 Å². The van der Waals surface area contributed by atoms with Crippen LogP contribution >= 0.6 is 0 Å². The van der Waals surface area contributed by atoms with Gasteiger partial charge >= 0.3 is 5.97 Å². The molecule has 0 saturated carbocycles. The van der Waals surface area contributed by atoms with Crippen molar-refractivity contribution in [3.05, 3.63) is 71.8 Å². The van der Waals surface area contributed by atoms with Gasteiger partial charge in [-0.15, -0.1) is 0 Å². The SMILES string of the molecule is CCOC(=O)C(C(=O)Cc1ccccc1)c1ccccc1. The van der Waals surface area contributed by atoms with Gasteiger partial charge in [0, 0.05) is 6.42 Å². The average molecular weight is 282 g/mol. The lowest BCUT2D eigenvalue weighted by molar-refractivity contribution is -0.147. The van der Waals surface area contributed by atoms with Gasteiger partial charge < -0.3 is 4.74 Å². The molecule has 21 heavy (non-hydrogen) atoms. The average Bonchev–Trinajstić information content (AvgIpc) is 2.50. The van der Waals surface area contributed by atoms with Crippen LogP contribution in [0.3, 0.4) is 0 Å². The molecule has 0 spiro atoms. The highest BCUT2D eigenvalue weighted by molar-refractivity contribution is 6.05. The summed E-state index contributed by atoms with van der Waals surface area (Å²) in [4.78, 5) is 24.7. The van der Waals surface area contributed by atoms with E-state index < -0.39 is 11.9 Å². The van der Waals surface area contributed by atoms with Crippen LogP contribution < -0.4 is 0 Å².